The molecule has 5 nitrogen and oxygen atoms in total. The molecule has 1 N–H and O–H groups in total. The van der Waals surface area contributed by atoms with Crippen molar-refractivity contribution >= 4 is 17.3 Å². The summed E-state index contributed by atoms with van der Waals surface area (Å²) in [5, 5.41) is 8.11. The summed E-state index contributed by atoms with van der Waals surface area (Å²) in [6, 6.07) is 6.45. The van der Waals surface area contributed by atoms with Crippen molar-refractivity contribution in [3.05, 3.63) is 46.4 Å². The van der Waals surface area contributed by atoms with Crippen molar-refractivity contribution in [1.82, 2.24) is 19.6 Å². The summed E-state index contributed by atoms with van der Waals surface area (Å²) >= 11 is 0. The van der Waals surface area contributed by atoms with Crippen molar-refractivity contribution in [2.24, 2.45) is 0 Å². The van der Waals surface area contributed by atoms with E-state index in [4.69, 9.17) is 4.98 Å². The zero-order chi connectivity index (χ0) is 16.0. The van der Waals surface area contributed by atoms with E-state index in [1.165, 1.54) is 35.2 Å². The van der Waals surface area contributed by atoms with Gasteiger partial charge in [-0.05, 0) is 69.7 Å². The Bertz CT molecular complexity index is 894. The summed E-state index contributed by atoms with van der Waals surface area (Å²) < 4.78 is 1.86. The molecule has 1 aliphatic rings. The molecule has 1 aromatic carbocycles. The molecule has 0 saturated carbocycles. The zero-order valence-corrected chi connectivity index (χ0v) is 13.8. The number of nitrogens with one attached hydrogen (secondary N) is 1. The van der Waals surface area contributed by atoms with E-state index in [1.54, 1.807) is 0 Å². The van der Waals surface area contributed by atoms with Gasteiger partial charge in [0.15, 0.2) is 0 Å². The third-order valence-electron chi connectivity index (χ3n) is 4.64. The van der Waals surface area contributed by atoms with E-state index < -0.39 is 0 Å². The molecule has 0 saturated heterocycles. The van der Waals surface area contributed by atoms with Gasteiger partial charge in [0, 0.05) is 11.3 Å². The summed E-state index contributed by atoms with van der Waals surface area (Å²) in [6.07, 6.45) is 4.48. The van der Waals surface area contributed by atoms with Crippen molar-refractivity contribution < 1.29 is 0 Å². The first-order valence-corrected chi connectivity index (χ1v) is 8.21. The molecule has 0 radical (unpaired) electrons. The Morgan fingerprint density at radius 1 is 1.00 bits per heavy atom. The quantitative estimate of drug-likeness (QED) is 0.785. The minimum atomic E-state index is 0.689. The first-order chi connectivity index (χ1) is 11.1. The summed E-state index contributed by atoms with van der Waals surface area (Å²) in [7, 11) is 0. The molecule has 2 aromatic heterocycles. The van der Waals surface area contributed by atoms with E-state index in [2.05, 4.69) is 47.4 Å². The number of benzene rings is 1. The number of aryl methyl sites for hydroxylation is 4. The van der Waals surface area contributed by atoms with Crippen molar-refractivity contribution in [2.75, 3.05) is 5.32 Å². The van der Waals surface area contributed by atoms with E-state index in [1.807, 2.05) is 11.4 Å². The Morgan fingerprint density at radius 2 is 1.83 bits per heavy atom. The van der Waals surface area contributed by atoms with Gasteiger partial charge in [0.1, 0.15) is 11.6 Å². The molecular formula is C18H21N5. The highest BCUT2D eigenvalue weighted by Gasteiger charge is 2.20. The van der Waals surface area contributed by atoms with Crippen LogP contribution in [0.1, 0.15) is 41.1 Å². The van der Waals surface area contributed by atoms with Crippen molar-refractivity contribution in [1.29, 1.82) is 0 Å². The molecule has 0 aliphatic heterocycles. The van der Waals surface area contributed by atoms with Gasteiger partial charge >= 0.3 is 0 Å². The molecule has 0 amide bonds. The lowest BCUT2D eigenvalue weighted by atomic mass is 9.96. The SMILES string of the molecule is Cc1nc2nc3c(c(Nc4ccc(C)c(C)c4)n2n1)CCCC3. The van der Waals surface area contributed by atoms with E-state index in [0.717, 1.165) is 30.2 Å². The Labute approximate surface area is 135 Å². The van der Waals surface area contributed by atoms with Crippen molar-refractivity contribution in [3.8, 4) is 0 Å². The molecule has 0 bridgehead atoms. The first kappa shape index (κ1) is 14.2. The van der Waals surface area contributed by atoms with Gasteiger partial charge in [-0.15, -0.1) is 5.10 Å². The van der Waals surface area contributed by atoms with Crippen LogP contribution >= 0.6 is 0 Å². The molecule has 3 aromatic rings. The number of rotatable bonds is 2. The maximum absolute atomic E-state index is 4.72. The number of fused-ring (bicyclic) bond motifs is 2. The number of hydrogen-bond acceptors (Lipinski definition) is 4. The fraction of sp³-hybridized carbons (Fsp3) is 0.389. The Balaban J connectivity index is 1.88. The fourth-order valence-corrected chi connectivity index (χ4v) is 3.23. The predicted molar refractivity (Wildman–Crippen MR) is 91.4 cm³/mol. The van der Waals surface area contributed by atoms with E-state index in [0.29, 0.717) is 5.78 Å². The average molecular weight is 307 g/mol. The number of nitrogens with zero attached hydrogens (tertiary/aromatic N) is 4. The van der Waals surface area contributed by atoms with E-state index in [-0.39, 0.29) is 0 Å². The van der Waals surface area contributed by atoms with Crippen LogP contribution in [0.15, 0.2) is 18.2 Å². The van der Waals surface area contributed by atoms with Crippen molar-refractivity contribution in [2.45, 2.75) is 46.5 Å². The molecule has 2 heterocycles. The van der Waals surface area contributed by atoms with Gasteiger partial charge in [-0.25, -0.2) is 4.98 Å². The van der Waals surface area contributed by atoms with Gasteiger partial charge in [-0.3, -0.25) is 0 Å². The van der Waals surface area contributed by atoms with Gasteiger partial charge in [0.25, 0.3) is 5.78 Å². The number of hydrogen-bond donors (Lipinski definition) is 1. The lowest BCUT2D eigenvalue weighted by Gasteiger charge is -2.20. The average Bonchev–Trinajstić information content (AvgIpc) is 2.91. The van der Waals surface area contributed by atoms with Gasteiger partial charge < -0.3 is 5.32 Å². The van der Waals surface area contributed by atoms with Gasteiger partial charge in [0.2, 0.25) is 0 Å². The van der Waals surface area contributed by atoms with Crippen molar-refractivity contribution in [3.63, 3.8) is 0 Å². The Morgan fingerprint density at radius 3 is 2.65 bits per heavy atom. The second-order valence-electron chi connectivity index (χ2n) is 6.39. The summed E-state index contributed by atoms with van der Waals surface area (Å²) in [4.78, 5) is 9.18. The van der Waals surface area contributed by atoms with Crippen LogP contribution in [0.5, 0.6) is 0 Å². The molecule has 0 unspecified atom stereocenters. The predicted octanol–water partition coefficient (Wildman–Crippen LogP) is 3.67. The molecule has 118 valence electrons. The maximum atomic E-state index is 4.72. The highest BCUT2D eigenvalue weighted by Crippen LogP contribution is 2.30. The normalized spacial score (nSPS) is 14.0. The molecule has 5 heteroatoms. The topological polar surface area (TPSA) is 55.1 Å². The van der Waals surface area contributed by atoms with Crippen LogP contribution < -0.4 is 5.32 Å². The Hall–Kier alpha value is -2.43. The summed E-state index contributed by atoms with van der Waals surface area (Å²) in [6.45, 7) is 6.18. The largest absolute Gasteiger partial charge is 0.340 e. The zero-order valence-electron chi connectivity index (χ0n) is 13.8. The van der Waals surface area contributed by atoms with E-state index in [9.17, 15) is 0 Å². The van der Waals surface area contributed by atoms with Crippen LogP contribution in [0.2, 0.25) is 0 Å². The van der Waals surface area contributed by atoms with Crippen LogP contribution in [-0.4, -0.2) is 19.6 Å². The minimum absolute atomic E-state index is 0.689. The van der Waals surface area contributed by atoms with Crippen LogP contribution in [0.4, 0.5) is 11.5 Å². The molecule has 0 spiro atoms. The van der Waals surface area contributed by atoms with Gasteiger partial charge in [-0.1, -0.05) is 6.07 Å². The molecule has 23 heavy (non-hydrogen) atoms. The van der Waals surface area contributed by atoms with Gasteiger partial charge in [0.05, 0.1) is 5.69 Å². The lowest BCUT2D eigenvalue weighted by molar-refractivity contribution is 0.662. The minimum Gasteiger partial charge on any atom is -0.340 e. The smallest absolute Gasteiger partial charge is 0.254 e. The molecule has 0 fully saturated rings. The van der Waals surface area contributed by atoms with Crippen LogP contribution in [0.25, 0.3) is 5.78 Å². The van der Waals surface area contributed by atoms with E-state index >= 15 is 0 Å². The molecule has 1 aliphatic carbocycles. The monoisotopic (exact) mass is 307 g/mol. The Kier molecular flexibility index (Phi) is 3.29. The molecule has 0 atom stereocenters. The highest BCUT2D eigenvalue weighted by atomic mass is 15.4. The van der Waals surface area contributed by atoms with Crippen LogP contribution in [0.3, 0.4) is 0 Å². The third kappa shape index (κ3) is 2.46. The lowest BCUT2D eigenvalue weighted by Crippen LogP contribution is -2.13. The molecular weight excluding hydrogens is 286 g/mol. The third-order valence-corrected chi connectivity index (χ3v) is 4.64. The molecule has 4 rings (SSSR count). The van der Waals surface area contributed by atoms with Crippen LogP contribution in [0, 0.1) is 20.8 Å². The second kappa shape index (κ2) is 5.33. The highest BCUT2D eigenvalue weighted by molar-refractivity contribution is 5.64. The summed E-state index contributed by atoms with van der Waals surface area (Å²) in [5.74, 6) is 2.46. The second-order valence-corrected chi connectivity index (χ2v) is 6.39. The number of aromatic nitrogens is 4. The first-order valence-electron chi connectivity index (χ1n) is 8.21. The van der Waals surface area contributed by atoms with Crippen LogP contribution in [-0.2, 0) is 12.8 Å². The van der Waals surface area contributed by atoms with Gasteiger partial charge in [-0.2, -0.15) is 9.50 Å². The number of anilines is 2. The summed E-state index contributed by atoms with van der Waals surface area (Å²) in [5.41, 5.74) is 6.12. The standard InChI is InChI=1S/C18H21N5/c1-11-8-9-14(10-12(11)2)20-17-15-6-4-5-7-16(15)21-18-19-13(3)22-23(17)18/h8-10,20H,4-7H2,1-3H3. The maximum Gasteiger partial charge on any atom is 0.254 e. The fourth-order valence-electron chi connectivity index (χ4n) is 3.23.